The van der Waals surface area contributed by atoms with Gasteiger partial charge in [-0.2, -0.15) is 10.2 Å². The van der Waals surface area contributed by atoms with E-state index in [2.05, 4.69) is 39.6 Å². The Morgan fingerprint density at radius 2 is 2.03 bits per heavy atom. The highest BCUT2D eigenvalue weighted by atomic mass is 32.2. The van der Waals surface area contributed by atoms with Gasteiger partial charge in [0.25, 0.3) is 5.91 Å². The second kappa shape index (κ2) is 9.97. The normalized spacial score (nSPS) is 15.6. The Morgan fingerprint density at radius 1 is 1.29 bits per heavy atom. The molecule has 1 saturated heterocycles. The Balaban J connectivity index is 1.81. The van der Waals surface area contributed by atoms with Crippen LogP contribution in [0.3, 0.4) is 0 Å². The zero-order valence-electron chi connectivity index (χ0n) is 19.6. The van der Waals surface area contributed by atoms with Gasteiger partial charge in [0.1, 0.15) is 22.5 Å². The highest BCUT2D eigenvalue weighted by Crippen LogP contribution is 2.36. The van der Waals surface area contributed by atoms with Crippen molar-refractivity contribution < 1.29 is 13.2 Å². The molecule has 182 valence electrons. The second-order valence-electron chi connectivity index (χ2n) is 8.28. The lowest BCUT2D eigenvalue weighted by molar-refractivity contribution is 0.0975. The summed E-state index contributed by atoms with van der Waals surface area (Å²) in [4.78, 5) is 28.9. The first-order chi connectivity index (χ1) is 16.7. The van der Waals surface area contributed by atoms with Gasteiger partial charge in [-0.3, -0.25) is 4.79 Å². The predicted octanol–water partition coefficient (Wildman–Crippen LogP) is 3.45. The molecule has 1 aliphatic rings. The van der Waals surface area contributed by atoms with Crippen molar-refractivity contribution in [3.63, 3.8) is 0 Å². The van der Waals surface area contributed by atoms with Crippen LogP contribution in [0.25, 0.3) is 0 Å². The van der Waals surface area contributed by atoms with Crippen LogP contribution in [0, 0.1) is 18.3 Å². The van der Waals surface area contributed by atoms with E-state index in [0.29, 0.717) is 40.3 Å². The zero-order chi connectivity index (χ0) is 25.2. The molecule has 1 atom stereocenters. The topological polar surface area (TPSA) is 141 Å². The molecule has 1 amide bonds. The number of hydrogen-bond donors (Lipinski definition) is 2. The van der Waals surface area contributed by atoms with E-state index in [9.17, 15) is 13.2 Å². The molecule has 12 heteroatoms. The van der Waals surface area contributed by atoms with Crippen LogP contribution < -0.4 is 14.9 Å². The van der Waals surface area contributed by atoms with E-state index in [1.165, 1.54) is 6.20 Å². The summed E-state index contributed by atoms with van der Waals surface area (Å²) >= 11 is 1.15. The SMILES string of the molecule is CCc1c(Nc2ncc(C#N)s2)nc(N2CCC[C@H]2c2ccc(C)cc2)nc1C(=O)NS(C)(=O)=O. The van der Waals surface area contributed by atoms with Crippen LogP contribution >= 0.6 is 11.3 Å². The molecule has 1 aliphatic heterocycles. The van der Waals surface area contributed by atoms with Crippen LogP contribution in [-0.4, -0.2) is 42.1 Å². The molecule has 0 bridgehead atoms. The Hall–Kier alpha value is -3.56. The number of aromatic nitrogens is 3. The molecule has 1 aromatic carbocycles. The zero-order valence-corrected chi connectivity index (χ0v) is 21.2. The first-order valence-corrected chi connectivity index (χ1v) is 13.8. The lowest BCUT2D eigenvalue weighted by Gasteiger charge is -2.26. The van der Waals surface area contributed by atoms with Gasteiger partial charge in [0.05, 0.1) is 18.5 Å². The summed E-state index contributed by atoms with van der Waals surface area (Å²) in [5.74, 6) is -0.146. The molecular formula is C23H25N7O3S2. The molecule has 2 aromatic heterocycles. The first kappa shape index (κ1) is 24.6. The quantitative estimate of drug-likeness (QED) is 0.488. The number of nitrogens with zero attached hydrogens (tertiary/aromatic N) is 5. The second-order valence-corrected chi connectivity index (χ2v) is 11.1. The van der Waals surface area contributed by atoms with E-state index < -0.39 is 15.9 Å². The third-order valence-electron chi connectivity index (χ3n) is 5.66. The summed E-state index contributed by atoms with van der Waals surface area (Å²) in [6, 6.07) is 10.3. The van der Waals surface area contributed by atoms with Crippen LogP contribution in [0.4, 0.5) is 16.9 Å². The average Bonchev–Trinajstić information content (AvgIpc) is 3.47. The van der Waals surface area contributed by atoms with E-state index in [-0.39, 0.29) is 11.7 Å². The van der Waals surface area contributed by atoms with Crippen molar-refractivity contribution >= 4 is 44.2 Å². The van der Waals surface area contributed by atoms with Crippen molar-refractivity contribution in [2.45, 2.75) is 39.2 Å². The van der Waals surface area contributed by atoms with Crippen LogP contribution in [0.5, 0.6) is 0 Å². The standard InChI is InChI=1S/C23H25N7O3S2/c1-4-17-19(21(31)29-35(3,32)33)26-22(27-20(17)28-23-25-13-16(12-24)34-23)30-11-5-6-18(30)15-9-7-14(2)8-10-15/h7-10,13,18H,4-6,11H2,1-3H3,(H,29,31)(H,25,26,27,28)/t18-/m0/s1. The van der Waals surface area contributed by atoms with Gasteiger partial charge in [-0.25, -0.2) is 23.1 Å². The molecule has 3 aromatic rings. The van der Waals surface area contributed by atoms with Gasteiger partial charge < -0.3 is 10.2 Å². The van der Waals surface area contributed by atoms with Crippen molar-refractivity contribution in [3.8, 4) is 6.07 Å². The maximum Gasteiger partial charge on any atom is 0.283 e. The minimum absolute atomic E-state index is 0.0166. The van der Waals surface area contributed by atoms with Gasteiger partial charge in [0.15, 0.2) is 5.13 Å². The number of aryl methyl sites for hydroxylation is 1. The fourth-order valence-electron chi connectivity index (χ4n) is 4.07. The number of carbonyl (C=O) groups is 1. The van der Waals surface area contributed by atoms with E-state index in [1.54, 1.807) is 0 Å². The summed E-state index contributed by atoms with van der Waals surface area (Å²) in [7, 11) is -3.80. The van der Waals surface area contributed by atoms with Crippen LogP contribution in [0.2, 0.25) is 0 Å². The van der Waals surface area contributed by atoms with E-state index >= 15 is 0 Å². The van der Waals surface area contributed by atoms with Crippen molar-refractivity contribution in [1.82, 2.24) is 19.7 Å². The number of benzene rings is 1. The lowest BCUT2D eigenvalue weighted by atomic mass is 10.0. The third-order valence-corrected chi connectivity index (χ3v) is 7.03. The fourth-order valence-corrected chi connectivity index (χ4v) is 5.12. The molecule has 35 heavy (non-hydrogen) atoms. The predicted molar refractivity (Wildman–Crippen MR) is 134 cm³/mol. The number of hydrogen-bond acceptors (Lipinski definition) is 10. The van der Waals surface area contributed by atoms with E-state index in [0.717, 1.165) is 41.6 Å². The van der Waals surface area contributed by atoms with Gasteiger partial charge in [0, 0.05) is 12.1 Å². The number of anilines is 3. The highest BCUT2D eigenvalue weighted by Gasteiger charge is 2.31. The molecule has 0 radical (unpaired) electrons. The summed E-state index contributed by atoms with van der Waals surface area (Å²) in [6.07, 6.45) is 4.56. The van der Waals surface area contributed by atoms with Gasteiger partial charge in [0.2, 0.25) is 16.0 Å². The number of thiazole rings is 1. The summed E-state index contributed by atoms with van der Waals surface area (Å²) in [6.45, 7) is 4.55. The van der Waals surface area contributed by atoms with Gasteiger partial charge in [-0.1, -0.05) is 48.1 Å². The number of carbonyl (C=O) groups excluding carboxylic acids is 1. The molecule has 1 fully saturated rings. The highest BCUT2D eigenvalue weighted by molar-refractivity contribution is 7.89. The Morgan fingerprint density at radius 3 is 2.66 bits per heavy atom. The molecular weight excluding hydrogens is 486 g/mol. The molecule has 2 N–H and O–H groups in total. The molecule has 0 spiro atoms. The van der Waals surface area contributed by atoms with E-state index in [1.807, 2.05) is 29.5 Å². The van der Waals surface area contributed by atoms with Gasteiger partial charge in [-0.05, 0) is 31.7 Å². The molecule has 0 aliphatic carbocycles. The Bertz CT molecular complexity index is 1400. The maximum atomic E-state index is 13.0. The first-order valence-electron chi connectivity index (χ1n) is 11.1. The van der Waals surface area contributed by atoms with Gasteiger partial charge >= 0.3 is 0 Å². The monoisotopic (exact) mass is 511 g/mol. The largest absolute Gasteiger partial charge is 0.334 e. The lowest BCUT2D eigenvalue weighted by Crippen LogP contribution is -2.33. The third kappa shape index (κ3) is 5.58. The summed E-state index contributed by atoms with van der Waals surface area (Å²) < 4.78 is 25.6. The minimum atomic E-state index is -3.80. The van der Waals surface area contributed by atoms with Crippen LogP contribution in [-0.2, 0) is 16.4 Å². The molecule has 4 rings (SSSR count). The van der Waals surface area contributed by atoms with Crippen molar-refractivity contribution in [3.05, 3.63) is 57.7 Å². The van der Waals surface area contributed by atoms with Crippen LogP contribution in [0.15, 0.2) is 30.5 Å². The minimum Gasteiger partial charge on any atom is -0.334 e. The number of rotatable bonds is 7. The number of sulfonamides is 1. The molecule has 10 nitrogen and oxygen atoms in total. The van der Waals surface area contributed by atoms with Crippen molar-refractivity contribution in [2.24, 2.45) is 0 Å². The van der Waals surface area contributed by atoms with Crippen LogP contribution in [0.1, 0.15) is 57.9 Å². The molecule has 0 saturated carbocycles. The maximum absolute atomic E-state index is 13.0. The smallest absolute Gasteiger partial charge is 0.283 e. The summed E-state index contributed by atoms with van der Waals surface area (Å²) in [5, 5.41) is 12.7. The van der Waals surface area contributed by atoms with Crippen molar-refractivity contribution in [1.29, 1.82) is 5.26 Å². The van der Waals surface area contributed by atoms with Gasteiger partial charge in [-0.15, -0.1) is 0 Å². The average molecular weight is 512 g/mol. The Kier molecular flexibility index (Phi) is 7.00. The van der Waals surface area contributed by atoms with Crippen molar-refractivity contribution in [2.75, 3.05) is 23.0 Å². The molecule has 3 heterocycles. The molecule has 0 unspecified atom stereocenters. The Labute approximate surface area is 208 Å². The fraction of sp³-hybridized carbons (Fsp3) is 0.348. The number of nitrogens with one attached hydrogen (secondary N) is 2. The number of nitriles is 1. The summed E-state index contributed by atoms with van der Waals surface area (Å²) in [5.41, 5.74) is 2.71. The van der Waals surface area contributed by atoms with E-state index in [4.69, 9.17) is 10.2 Å². The number of amides is 1.